The average Bonchev–Trinajstić information content (AvgIpc) is 2.15. The number of methoxy groups -OCH3 is 1. The van der Waals surface area contributed by atoms with Gasteiger partial charge in [-0.25, -0.2) is 0 Å². The van der Waals surface area contributed by atoms with Crippen molar-refractivity contribution in [1.29, 1.82) is 0 Å². The van der Waals surface area contributed by atoms with E-state index in [2.05, 4.69) is 4.74 Å². The van der Waals surface area contributed by atoms with Gasteiger partial charge in [-0.1, -0.05) is 6.07 Å². The number of alkyl halides is 3. The first-order valence-electron chi connectivity index (χ1n) is 4.29. The highest BCUT2D eigenvalue weighted by atomic mass is 19.4. The van der Waals surface area contributed by atoms with Gasteiger partial charge in [-0.05, 0) is 24.6 Å². The molecule has 0 heterocycles. The quantitative estimate of drug-likeness (QED) is 0.830. The van der Waals surface area contributed by atoms with Crippen LogP contribution < -0.4 is 4.74 Å². The number of aliphatic hydroxyl groups excluding tert-OH is 1. The SMILES string of the molecule is COc1ccc([C@@H](C)O)cc1C(F)(F)F. The molecule has 5 heteroatoms. The van der Waals surface area contributed by atoms with Gasteiger partial charge in [-0.15, -0.1) is 0 Å². The van der Waals surface area contributed by atoms with Crippen LogP contribution in [0.2, 0.25) is 0 Å². The highest BCUT2D eigenvalue weighted by molar-refractivity contribution is 5.39. The maximum Gasteiger partial charge on any atom is 0.419 e. The van der Waals surface area contributed by atoms with E-state index in [9.17, 15) is 13.2 Å². The molecular formula is C10H11F3O2. The van der Waals surface area contributed by atoms with Crippen LogP contribution in [0.25, 0.3) is 0 Å². The Hall–Kier alpha value is -1.23. The van der Waals surface area contributed by atoms with Gasteiger partial charge in [0.15, 0.2) is 0 Å². The van der Waals surface area contributed by atoms with E-state index >= 15 is 0 Å². The Bertz CT molecular complexity index is 345. The monoisotopic (exact) mass is 220 g/mol. The zero-order valence-electron chi connectivity index (χ0n) is 8.30. The van der Waals surface area contributed by atoms with E-state index < -0.39 is 17.8 Å². The van der Waals surface area contributed by atoms with E-state index in [1.807, 2.05) is 0 Å². The largest absolute Gasteiger partial charge is 0.496 e. The Morgan fingerprint density at radius 2 is 1.93 bits per heavy atom. The van der Waals surface area contributed by atoms with Crippen molar-refractivity contribution in [1.82, 2.24) is 0 Å². The lowest BCUT2D eigenvalue weighted by Gasteiger charge is -2.14. The average molecular weight is 220 g/mol. The standard InChI is InChI=1S/C10H11F3O2/c1-6(14)7-3-4-9(15-2)8(5-7)10(11,12)13/h3-6,14H,1-2H3/t6-/m1/s1. The molecular weight excluding hydrogens is 209 g/mol. The summed E-state index contributed by atoms with van der Waals surface area (Å²) >= 11 is 0. The van der Waals surface area contributed by atoms with Crippen molar-refractivity contribution in [2.24, 2.45) is 0 Å². The molecule has 0 saturated carbocycles. The van der Waals surface area contributed by atoms with E-state index in [-0.39, 0.29) is 11.3 Å². The lowest BCUT2D eigenvalue weighted by atomic mass is 10.1. The summed E-state index contributed by atoms with van der Waals surface area (Å²) in [6, 6.07) is 3.49. The summed E-state index contributed by atoms with van der Waals surface area (Å²) in [6.07, 6.45) is -5.41. The summed E-state index contributed by atoms with van der Waals surface area (Å²) in [5.74, 6) is -0.244. The van der Waals surface area contributed by atoms with Crippen LogP contribution in [0.4, 0.5) is 13.2 Å². The number of aliphatic hydroxyl groups is 1. The van der Waals surface area contributed by atoms with Crippen LogP contribution in [0.5, 0.6) is 5.75 Å². The van der Waals surface area contributed by atoms with Gasteiger partial charge < -0.3 is 9.84 Å². The third-order valence-corrected chi connectivity index (χ3v) is 2.01. The van der Waals surface area contributed by atoms with Gasteiger partial charge >= 0.3 is 6.18 Å². The molecule has 15 heavy (non-hydrogen) atoms. The smallest absolute Gasteiger partial charge is 0.419 e. The Morgan fingerprint density at radius 3 is 2.33 bits per heavy atom. The Kier molecular flexibility index (Phi) is 3.24. The summed E-state index contributed by atoms with van der Waals surface area (Å²) < 4.78 is 42.2. The number of hydrogen-bond donors (Lipinski definition) is 1. The molecule has 0 radical (unpaired) electrons. The Labute approximate surface area is 85.3 Å². The highest BCUT2D eigenvalue weighted by Gasteiger charge is 2.34. The van der Waals surface area contributed by atoms with Gasteiger partial charge in [-0.2, -0.15) is 13.2 Å². The van der Waals surface area contributed by atoms with Crippen molar-refractivity contribution < 1.29 is 23.0 Å². The molecule has 0 unspecified atom stereocenters. The second kappa shape index (κ2) is 4.10. The number of ether oxygens (including phenoxy) is 1. The minimum Gasteiger partial charge on any atom is -0.496 e. The second-order valence-corrected chi connectivity index (χ2v) is 3.13. The van der Waals surface area contributed by atoms with Crippen molar-refractivity contribution in [3.8, 4) is 5.75 Å². The Morgan fingerprint density at radius 1 is 1.33 bits per heavy atom. The highest BCUT2D eigenvalue weighted by Crippen LogP contribution is 2.37. The molecule has 1 aromatic rings. The van der Waals surface area contributed by atoms with Crippen LogP contribution in [0, 0.1) is 0 Å². The zero-order valence-corrected chi connectivity index (χ0v) is 8.30. The molecule has 0 spiro atoms. The van der Waals surface area contributed by atoms with E-state index in [4.69, 9.17) is 5.11 Å². The van der Waals surface area contributed by atoms with Gasteiger partial charge in [0.25, 0.3) is 0 Å². The number of benzene rings is 1. The molecule has 0 aromatic heterocycles. The summed E-state index contributed by atoms with van der Waals surface area (Å²) in [5, 5.41) is 9.17. The van der Waals surface area contributed by atoms with Gasteiger partial charge in [0, 0.05) is 0 Å². The number of halogens is 3. The third kappa shape index (κ3) is 2.62. The molecule has 0 fully saturated rings. The number of rotatable bonds is 2. The lowest BCUT2D eigenvalue weighted by molar-refractivity contribution is -0.138. The molecule has 1 aromatic carbocycles. The van der Waals surface area contributed by atoms with Gasteiger partial charge in [0.1, 0.15) is 5.75 Å². The normalized spacial score (nSPS) is 13.7. The zero-order chi connectivity index (χ0) is 11.6. The van der Waals surface area contributed by atoms with Crippen LogP contribution in [0.15, 0.2) is 18.2 Å². The molecule has 0 aliphatic heterocycles. The maximum atomic E-state index is 12.5. The van der Waals surface area contributed by atoms with Crippen LogP contribution in [-0.2, 0) is 6.18 Å². The second-order valence-electron chi connectivity index (χ2n) is 3.13. The van der Waals surface area contributed by atoms with Crippen molar-refractivity contribution in [2.45, 2.75) is 19.2 Å². The fraction of sp³-hybridized carbons (Fsp3) is 0.400. The summed E-state index contributed by atoms with van der Waals surface area (Å²) in [5.41, 5.74) is -0.661. The van der Waals surface area contributed by atoms with Crippen LogP contribution in [-0.4, -0.2) is 12.2 Å². The molecule has 0 aliphatic carbocycles. The molecule has 2 nitrogen and oxygen atoms in total. The summed E-state index contributed by atoms with van der Waals surface area (Å²) in [6.45, 7) is 1.40. The van der Waals surface area contributed by atoms with Crippen LogP contribution >= 0.6 is 0 Å². The first kappa shape index (κ1) is 11.8. The maximum absolute atomic E-state index is 12.5. The number of hydrogen-bond acceptors (Lipinski definition) is 2. The predicted octanol–water partition coefficient (Wildman–Crippen LogP) is 2.77. The van der Waals surface area contributed by atoms with E-state index in [0.717, 1.165) is 6.07 Å². The van der Waals surface area contributed by atoms with Crippen molar-refractivity contribution in [2.75, 3.05) is 7.11 Å². The summed E-state index contributed by atoms with van der Waals surface area (Å²) in [4.78, 5) is 0. The van der Waals surface area contributed by atoms with Crippen molar-refractivity contribution in [3.63, 3.8) is 0 Å². The van der Waals surface area contributed by atoms with E-state index in [0.29, 0.717) is 0 Å². The molecule has 0 saturated heterocycles. The van der Waals surface area contributed by atoms with Crippen LogP contribution in [0.1, 0.15) is 24.2 Å². The van der Waals surface area contributed by atoms with Gasteiger partial charge in [0.05, 0.1) is 18.8 Å². The third-order valence-electron chi connectivity index (χ3n) is 2.01. The first-order valence-corrected chi connectivity index (χ1v) is 4.29. The van der Waals surface area contributed by atoms with Crippen molar-refractivity contribution in [3.05, 3.63) is 29.3 Å². The minimum atomic E-state index is -4.48. The first-order chi connectivity index (χ1) is 6.86. The van der Waals surface area contributed by atoms with Crippen LogP contribution in [0.3, 0.4) is 0 Å². The lowest BCUT2D eigenvalue weighted by Crippen LogP contribution is -2.08. The van der Waals surface area contributed by atoms with Gasteiger partial charge in [-0.3, -0.25) is 0 Å². The molecule has 0 bridgehead atoms. The topological polar surface area (TPSA) is 29.5 Å². The van der Waals surface area contributed by atoms with Crippen molar-refractivity contribution >= 4 is 0 Å². The molecule has 1 atom stereocenters. The fourth-order valence-electron chi connectivity index (χ4n) is 1.21. The molecule has 0 amide bonds. The molecule has 1 rings (SSSR count). The Balaban J connectivity index is 3.26. The van der Waals surface area contributed by atoms with E-state index in [1.165, 1.54) is 26.2 Å². The molecule has 1 N–H and O–H groups in total. The van der Waals surface area contributed by atoms with E-state index in [1.54, 1.807) is 0 Å². The summed E-state index contributed by atoms with van der Waals surface area (Å²) in [7, 11) is 1.17. The fourth-order valence-corrected chi connectivity index (χ4v) is 1.21. The molecule has 84 valence electrons. The predicted molar refractivity (Wildman–Crippen MR) is 48.6 cm³/mol. The van der Waals surface area contributed by atoms with Gasteiger partial charge in [0.2, 0.25) is 0 Å². The minimum absolute atomic E-state index is 0.211. The molecule has 0 aliphatic rings.